The molecule has 0 bridgehead atoms. The predicted octanol–water partition coefficient (Wildman–Crippen LogP) is 4.20. The van der Waals surface area contributed by atoms with Crippen molar-refractivity contribution in [2.75, 3.05) is 24.5 Å². The number of amides is 1. The summed E-state index contributed by atoms with van der Waals surface area (Å²) in [4.78, 5) is 42.9. The fraction of sp³-hybridized carbons (Fsp3) is 0.375. The molecule has 1 fully saturated rings. The van der Waals surface area contributed by atoms with E-state index < -0.39 is 5.69 Å². The van der Waals surface area contributed by atoms with Gasteiger partial charge in [-0.2, -0.15) is 14.9 Å². The Kier molecular flexibility index (Phi) is 8.20. The second-order valence-corrected chi connectivity index (χ2v) is 9.50. The number of piperazine rings is 1. The molecule has 4 rings (SSSR count). The number of anilines is 1. The number of pyridine rings is 2. The normalized spacial score (nSPS) is 15.9. The van der Waals surface area contributed by atoms with E-state index in [4.69, 9.17) is 23.2 Å². The van der Waals surface area contributed by atoms with Crippen LogP contribution >= 0.6 is 33.1 Å². The molecular weight excluding hydrogens is 506 g/mol. The van der Waals surface area contributed by atoms with Crippen LogP contribution in [0.25, 0.3) is 16.7 Å². The second kappa shape index (κ2) is 10.6. The third-order valence-corrected chi connectivity index (χ3v) is 6.74. The SMILES string of the molecule is C=CC(=O)N1CCN(c2nc(=O)n(-c3c(C)ccnc3C(C)C)c3nc(Cl)c(Cl)cc23)[C@@H](C)C1.P. The number of hydrogen-bond acceptors (Lipinski definition) is 6. The lowest BCUT2D eigenvalue weighted by molar-refractivity contribution is -0.126. The fourth-order valence-electron chi connectivity index (χ4n) is 4.39. The number of nitrogens with zero attached hydrogens (tertiary/aromatic N) is 6. The molecule has 3 aromatic rings. The van der Waals surface area contributed by atoms with Gasteiger partial charge >= 0.3 is 5.69 Å². The average molecular weight is 535 g/mol. The highest BCUT2D eigenvalue weighted by molar-refractivity contribution is 6.92. The smallest absolute Gasteiger partial charge is 0.350 e. The Balaban J connectivity index is 0.00000342. The molecule has 0 spiro atoms. The molecule has 0 radical (unpaired) electrons. The number of rotatable bonds is 4. The molecule has 35 heavy (non-hydrogen) atoms. The van der Waals surface area contributed by atoms with E-state index in [0.717, 1.165) is 11.3 Å². The Bertz CT molecular complexity index is 1360. The molecular formula is C24H29Cl2N6O2P. The van der Waals surface area contributed by atoms with Crippen LogP contribution in [-0.4, -0.2) is 56.0 Å². The molecule has 1 aliphatic rings. The number of halogens is 2. The van der Waals surface area contributed by atoms with E-state index in [2.05, 4.69) is 21.5 Å². The molecule has 2 atom stereocenters. The van der Waals surface area contributed by atoms with Gasteiger partial charge in [-0.15, -0.1) is 0 Å². The molecule has 1 aliphatic heterocycles. The summed E-state index contributed by atoms with van der Waals surface area (Å²) in [7, 11) is 0. The zero-order valence-corrected chi connectivity index (χ0v) is 23.2. The van der Waals surface area contributed by atoms with E-state index >= 15 is 0 Å². The minimum absolute atomic E-state index is 0. The highest BCUT2D eigenvalue weighted by atomic mass is 35.5. The molecule has 4 heterocycles. The van der Waals surface area contributed by atoms with E-state index in [1.807, 2.05) is 38.7 Å². The third-order valence-electron chi connectivity index (χ3n) is 6.07. The van der Waals surface area contributed by atoms with Crippen LogP contribution in [0.15, 0.2) is 35.8 Å². The van der Waals surface area contributed by atoms with Crippen LogP contribution in [0.1, 0.15) is 37.9 Å². The molecule has 11 heteroatoms. The number of aromatic nitrogens is 4. The Morgan fingerprint density at radius 2 is 1.97 bits per heavy atom. The standard InChI is InChI=1S/C24H26Cl2N6O2.H3P/c1-6-18(33)30-9-10-31(15(5)12-30)22-16-11-17(25)21(26)28-23(16)32(24(34)29-22)20-14(4)7-8-27-19(20)13(2)3;/h6-8,11,13,15H,1,9-10,12H2,2-5H3;1H3/t15-;/m0./s1. The van der Waals surface area contributed by atoms with Crippen LogP contribution in [0, 0.1) is 6.92 Å². The third kappa shape index (κ3) is 4.92. The van der Waals surface area contributed by atoms with Gasteiger partial charge in [-0.05, 0) is 43.5 Å². The first-order chi connectivity index (χ1) is 16.1. The van der Waals surface area contributed by atoms with Crippen LogP contribution in [0.5, 0.6) is 0 Å². The van der Waals surface area contributed by atoms with Crippen molar-refractivity contribution in [3.63, 3.8) is 0 Å². The van der Waals surface area contributed by atoms with Crippen LogP contribution in [0.2, 0.25) is 10.2 Å². The van der Waals surface area contributed by atoms with Crippen LogP contribution in [0.4, 0.5) is 5.82 Å². The first-order valence-corrected chi connectivity index (χ1v) is 11.8. The summed E-state index contributed by atoms with van der Waals surface area (Å²) >= 11 is 12.7. The Hall–Kier alpha value is -2.54. The molecule has 8 nitrogen and oxygen atoms in total. The monoisotopic (exact) mass is 534 g/mol. The van der Waals surface area contributed by atoms with Crippen molar-refractivity contribution in [2.45, 2.75) is 39.7 Å². The largest absolute Gasteiger partial charge is 0.355 e. The van der Waals surface area contributed by atoms with Crippen molar-refractivity contribution in [1.82, 2.24) is 24.4 Å². The zero-order chi connectivity index (χ0) is 24.7. The number of carbonyl (C=O) groups is 1. The molecule has 0 aromatic carbocycles. The average Bonchev–Trinajstić information content (AvgIpc) is 2.79. The van der Waals surface area contributed by atoms with Crippen molar-refractivity contribution in [2.24, 2.45) is 0 Å². The molecule has 1 saturated heterocycles. The first-order valence-electron chi connectivity index (χ1n) is 11.1. The van der Waals surface area contributed by atoms with Gasteiger partial charge in [0.05, 0.1) is 21.8 Å². The predicted molar refractivity (Wildman–Crippen MR) is 146 cm³/mol. The molecule has 1 unspecified atom stereocenters. The van der Waals surface area contributed by atoms with Crippen molar-refractivity contribution in [1.29, 1.82) is 0 Å². The number of carbonyl (C=O) groups excluding carboxylic acids is 1. The number of aryl methyl sites for hydroxylation is 1. The topological polar surface area (TPSA) is 84.2 Å². The van der Waals surface area contributed by atoms with E-state index in [9.17, 15) is 9.59 Å². The number of hydrogen-bond donors (Lipinski definition) is 0. The van der Waals surface area contributed by atoms with Crippen molar-refractivity contribution < 1.29 is 4.79 Å². The highest BCUT2D eigenvalue weighted by Crippen LogP contribution is 2.33. The maximum Gasteiger partial charge on any atom is 0.355 e. The number of fused-ring (bicyclic) bond motifs is 1. The van der Waals surface area contributed by atoms with Gasteiger partial charge in [0.25, 0.3) is 0 Å². The first kappa shape index (κ1) is 27.1. The maximum absolute atomic E-state index is 13.5. The summed E-state index contributed by atoms with van der Waals surface area (Å²) in [5.41, 5.74) is 2.15. The minimum atomic E-state index is -0.483. The molecule has 0 aliphatic carbocycles. The Labute approximate surface area is 217 Å². The lowest BCUT2D eigenvalue weighted by Crippen LogP contribution is -2.54. The fourth-order valence-corrected chi connectivity index (χ4v) is 4.68. The van der Waals surface area contributed by atoms with E-state index in [1.54, 1.807) is 17.2 Å². The zero-order valence-electron chi connectivity index (χ0n) is 20.3. The van der Waals surface area contributed by atoms with E-state index in [1.165, 1.54) is 10.6 Å². The summed E-state index contributed by atoms with van der Waals surface area (Å²) in [6.07, 6.45) is 3.04. The maximum atomic E-state index is 13.5. The molecule has 0 N–H and O–H groups in total. The quantitative estimate of drug-likeness (QED) is 0.283. The minimum Gasteiger partial charge on any atom is -0.350 e. The van der Waals surface area contributed by atoms with Gasteiger partial charge in [0.2, 0.25) is 5.91 Å². The van der Waals surface area contributed by atoms with E-state index in [0.29, 0.717) is 42.2 Å². The van der Waals surface area contributed by atoms with Crippen molar-refractivity contribution >= 4 is 55.9 Å². The summed E-state index contributed by atoms with van der Waals surface area (Å²) in [6, 6.07) is 3.45. The van der Waals surface area contributed by atoms with Gasteiger partial charge in [0.15, 0.2) is 5.65 Å². The lowest BCUT2D eigenvalue weighted by atomic mass is 10.0. The van der Waals surface area contributed by atoms with Crippen molar-refractivity contribution in [3.05, 3.63) is 62.9 Å². The van der Waals surface area contributed by atoms with Gasteiger partial charge in [-0.25, -0.2) is 14.3 Å². The van der Waals surface area contributed by atoms with Gasteiger partial charge in [0, 0.05) is 31.9 Å². The lowest BCUT2D eigenvalue weighted by Gasteiger charge is -2.40. The van der Waals surface area contributed by atoms with Gasteiger partial charge in [-0.3, -0.25) is 9.78 Å². The summed E-state index contributed by atoms with van der Waals surface area (Å²) < 4.78 is 1.47. The van der Waals surface area contributed by atoms with Gasteiger partial charge < -0.3 is 9.80 Å². The molecule has 3 aromatic heterocycles. The van der Waals surface area contributed by atoms with E-state index in [-0.39, 0.29) is 37.9 Å². The second-order valence-electron chi connectivity index (χ2n) is 8.73. The van der Waals surface area contributed by atoms with Crippen LogP contribution in [-0.2, 0) is 4.79 Å². The molecule has 186 valence electrons. The van der Waals surface area contributed by atoms with Gasteiger partial charge in [0.1, 0.15) is 11.0 Å². The van der Waals surface area contributed by atoms with Crippen molar-refractivity contribution in [3.8, 4) is 5.69 Å². The Morgan fingerprint density at radius 1 is 1.26 bits per heavy atom. The van der Waals surface area contributed by atoms with Gasteiger partial charge in [-0.1, -0.05) is 43.6 Å². The Morgan fingerprint density at radius 3 is 2.60 bits per heavy atom. The summed E-state index contributed by atoms with van der Waals surface area (Å²) in [5, 5.41) is 0.964. The summed E-state index contributed by atoms with van der Waals surface area (Å²) in [6.45, 7) is 13.0. The highest BCUT2D eigenvalue weighted by Gasteiger charge is 2.30. The van der Waals surface area contributed by atoms with Crippen LogP contribution in [0.3, 0.4) is 0 Å². The summed E-state index contributed by atoms with van der Waals surface area (Å²) in [5.74, 6) is 0.410. The van der Waals surface area contributed by atoms with Crippen LogP contribution < -0.4 is 10.6 Å². The molecule has 0 saturated carbocycles. The molecule has 1 amide bonds.